The van der Waals surface area contributed by atoms with Gasteiger partial charge in [0.25, 0.3) is 5.91 Å². The highest BCUT2D eigenvalue weighted by atomic mass is 32.2. The fourth-order valence-electron chi connectivity index (χ4n) is 2.04. The number of halogens is 3. The summed E-state index contributed by atoms with van der Waals surface area (Å²) in [5.74, 6) is -1.40. The lowest BCUT2D eigenvalue weighted by molar-refractivity contribution is -0.138. The smallest absolute Gasteiger partial charge is 0.416 e. The maximum absolute atomic E-state index is 12.7. The first-order valence-corrected chi connectivity index (χ1v) is 8.05. The van der Waals surface area contributed by atoms with Crippen LogP contribution in [0, 0.1) is 0 Å². The Balaban J connectivity index is 2.15. The molecule has 24 heavy (non-hydrogen) atoms. The molecule has 1 aromatic rings. The molecule has 1 heterocycles. The van der Waals surface area contributed by atoms with Crippen LogP contribution in [0.25, 0.3) is 6.08 Å². The van der Waals surface area contributed by atoms with Gasteiger partial charge in [0.1, 0.15) is 4.32 Å². The van der Waals surface area contributed by atoms with Gasteiger partial charge >= 0.3 is 12.1 Å². The SMILES string of the molecule is O=C(O)CCCN1C(=O)/C(=C/c2cccc(C(F)(F)F)c2)SC1=S. The van der Waals surface area contributed by atoms with Crippen LogP contribution >= 0.6 is 24.0 Å². The normalized spacial score (nSPS) is 17.0. The zero-order chi connectivity index (χ0) is 17.9. The lowest BCUT2D eigenvalue weighted by Crippen LogP contribution is -2.29. The number of carboxylic acid groups (broad SMARTS) is 1. The van der Waals surface area contributed by atoms with Gasteiger partial charge in [-0.1, -0.05) is 36.1 Å². The van der Waals surface area contributed by atoms with Crippen LogP contribution in [0.15, 0.2) is 29.2 Å². The van der Waals surface area contributed by atoms with E-state index in [4.69, 9.17) is 17.3 Å². The first-order valence-electron chi connectivity index (χ1n) is 6.83. The Hall–Kier alpha value is -1.87. The third kappa shape index (κ3) is 4.57. The maximum atomic E-state index is 12.7. The monoisotopic (exact) mass is 375 g/mol. The van der Waals surface area contributed by atoms with E-state index in [9.17, 15) is 22.8 Å². The summed E-state index contributed by atoms with van der Waals surface area (Å²) in [5, 5.41) is 8.61. The van der Waals surface area contributed by atoms with Gasteiger partial charge in [0.05, 0.1) is 10.5 Å². The molecule has 0 aliphatic carbocycles. The molecule has 1 aromatic carbocycles. The average molecular weight is 375 g/mol. The van der Waals surface area contributed by atoms with E-state index < -0.39 is 23.6 Å². The Labute approximate surface area is 145 Å². The van der Waals surface area contributed by atoms with Crippen LogP contribution in [-0.2, 0) is 15.8 Å². The molecule has 4 nitrogen and oxygen atoms in total. The topological polar surface area (TPSA) is 57.6 Å². The molecular weight excluding hydrogens is 363 g/mol. The second kappa shape index (κ2) is 7.35. The Bertz CT molecular complexity index is 716. The van der Waals surface area contributed by atoms with Gasteiger partial charge in [-0.15, -0.1) is 0 Å². The number of thiocarbonyl (C=S) groups is 1. The minimum atomic E-state index is -4.46. The summed E-state index contributed by atoms with van der Waals surface area (Å²) in [6, 6.07) is 4.64. The Morgan fingerprint density at radius 3 is 2.71 bits per heavy atom. The second-order valence-corrected chi connectivity index (χ2v) is 6.63. The van der Waals surface area contributed by atoms with E-state index in [1.165, 1.54) is 23.1 Å². The van der Waals surface area contributed by atoms with Crippen molar-refractivity contribution in [2.45, 2.75) is 19.0 Å². The predicted octanol–water partition coefficient (Wildman–Crippen LogP) is 3.77. The molecule has 1 N–H and O–H groups in total. The van der Waals surface area contributed by atoms with Crippen LogP contribution in [-0.4, -0.2) is 32.7 Å². The molecule has 1 aliphatic rings. The first kappa shape index (κ1) is 18.5. The van der Waals surface area contributed by atoms with E-state index in [1.54, 1.807) is 0 Å². The van der Waals surface area contributed by atoms with Crippen molar-refractivity contribution < 1.29 is 27.9 Å². The van der Waals surface area contributed by atoms with E-state index in [0.29, 0.717) is 0 Å². The number of benzene rings is 1. The number of nitrogens with zero attached hydrogens (tertiary/aromatic N) is 1. The maximum Gasteiger partial charge on any atom is 0.416 e. The van der Waals surface area contributed by atoms with Gasteiger partial charge in [-0.3, -0.25) is 14.5 Å². The van der Waals surface area contributed by atoms with Crippen molar-refractivity contribution in [3.63, 3.8) is 0 Å². The Morgan fingerprint density at radius 1 is 1.38 bits per heavy atom. The minimum absolute atomic E-state index is 0.0935. The molecule has 9 heteroatoms. The number of hydrogen-bond acceptors (Lipinski definition) is 4. The molecule has 0 spiro atoms. The van der Waals surface area contributed by atoms with Crippen LogP contribution in [0.4, 0.5) is 13.2 Å². The first-order chi connectivity index (χ1) is 11.2. The lowest BCUT2D eigenvalue weighted by Gasteiger charge is -2.13. The third-order valence-corrected chi connectivity index (χ3v) is 4.54. The zero-order valence-electron chi connectivity index (χ0n) is 12.2. The molecule has 0 bridgehead atoms. The zero-order valence-corrected chi connectivity index (χ0v) is 13.8. The number of amides is 1. The summed E-state index contributed by atoms with van der Waals surface area (Å²) < 4.78 is 38.4. The predicted molar refractivity (Wildman–Crippen MR) is 88.2 cm³/mol. The van der Waals surface area contributed by atoms with Crippen LogP contribution in [0.1, 0.15) is 24.0 Å². The Kier molecular flexibility index (Phi) is 5.66. The molecule has 1 amide bonds. The molecule has 0 saturated carbocycles. The fourth-order valence-corrected chi connectivity index (χ4v) is 3.35. The number of carbonyl (C=O) groups is 2. The number of carboxylic acids is 1. The van der Waals surface area contributed by atoms with E-state index in [0.717, 1.165) is 23.9 Å². The van der Waals surface area contributed by atoms with E-state index >= 15 is 0 Å². The van der Waals surface area contributed by atoms with Gasteiger partial charge < -0.3 is 5.11 Å². The standard InChI is InChI=1S/C15H12F3NO3S2/c16-15(17,18)10-4-1-3-9(7-10)8-11-13(22)19(14(23)24-11)6-2-5-12(20)21/h1,3-4,7-8H,2,5-6H2,(H,20,21)/b11-8-. The van der Waals surface area contributed by atoms with Gasteiger partial charge in [0, 0.05) is 13.0 Å². The van der Waals surface area contributed by atoms with Crippen molar-refractivity contribution in [3.05, 3.63) is 40.3 Å². The lowest BCUT2D eigenvalue weighted by atomic mass is 10.1. The number of alkyl halides is 3. The Morgan fingerprint density at radius 2 is 2.08 bits per heavy atom. The van der Waals surface area contributed by atoms with Crippen molar-refractivity contribution in [2.24, 2.45) is 0 Å². The van der Waals surface area contributed by atoms with Crippen molar-refractivity contribution in [1.82, 2.24) is 4.90 Å². The average Bonchev–Trinajstić information content (AvgIpc) is 2.74. The molecule has 0 radical (unpaired) electrons. The van der Waals surface area contributed by atoms with Crippen LogP contribution in [0.2, 0.25) is 0 Å². The minimum Gasteiger partial charge on any atom is -0.481 e. The van der Waals surface area contributed by atoms with Crippen molar-refractivity contribution >= 4 is 46.3 Å². The fraction of sp³-hybridized carbons (Fsp3) is 0.267. The van der Waals surface area contributed by atoms with E-state index in [-0.39, 0.29) is 34.2 Å². The number of hydrogen-bond donors (Lipinski definition) is 1. The van der Waals surface area contributed by atoms with Crippen molar-refractivity contribution in [3.8, 4) is 0 Å². The summed E-state index contributed by atoms with van der Waals surface area (Å²) >= 11 is 6.06. The van der Waals surface area contributed by atoms with Gasteiger partial charge in [-0.2, -0.15) is 13.2 Å². The molecule has 1 fully saturated rings. The number of thioether (sulfide) groups is 1. The molecule has 0 unspecified atom stereocenters. The number of carbonyl (C=O) groups excluding carboxylic acids is 1. The summed E-state index contributed by atoms with van der Waals surface area (Å²) in [4.78, 5) is 24.3. The second-order valence-electron chi connectivity index (χ2n) is 4.95. The molecule has 0 atom stereocenters. The largest absolute Gasteiger partial charge is 0.481 e. The highest BCUT2D eigenvalue weighted by Gasteiger charge is 2.33. The van der Waals surface area contributed by atoms with Gasteiger partial charge in [-0.05, 0) is 30.2 Å². The van der Waals surface area contributed by atoms with Crippen molar-refractivity contribution in [2.75, 3.05) is 6.54 Å². The van der Waals surface area contributed by atoms with Gasteiger partial charge in [-0.25, -0.2) is 0 Å². The molecule has 128 valence electrons. The van der Waals surface area contributed by atoms with Crippen LogP contribution in [0.3, 0.4) is 0 Å². The van der Waals surface area contributed by atoms with Crippen molar-refractivity contribution in [1.29, 1.82) is 0 Å². The molecular formula is C15H12F3NO3S2. The molecule has 0 aromatic heterocycles. The van der Waals surface area contributed by atoms with Crippen LogP contribution < -0.4 is 0 Å². The summed E-state index contributed by atoms with van der Waals surface area (Å²) in [6.45, 7) is 0.164. The van der Waals surface area contributed by atoms with Crippen LogP contribution in [0.5, 0.6) is 0 Å². The van der Waals surface area contributed by atoms with E-state index in [1.807, 2.05) is 0 Å². The number of rotatable bonds is 5. The van der Waals surface area contributed by atoms with Gasteiger partial charge in [0.2, 0.25) is 0 Å². The molecule has 1 saturated heterocycles. The highest BCUT2D eigenvalue weighted by molar-refractivity contribution is 8.26. The summed E-state index contributed by atoms with van der Waals surface area (Å²) in [7, 11) is 0. The summed E-state index contributed by atoms with van der Waals surface area (Å²) in [6.07, 6.45) is -2.95. The molecule has 1 aliphatic heterocycles. The highest BCUT2D eigenvalue weighted by Crippen LogP contribution is 2.34. The molecule has 2 rings (SSSR count). The third-order valence-electron chi connectivity index (χ3n) is 3.16. The van der Waals surface area contributed by atoms with Gasteiger partial charge in [0.15, 0.2) is 0 Å². The van der Waals surface area contributed by atoms with E-state index in [2.05, 4.69) is 0 Å². The summed E-state index contributed by atoms with van der Waals surface area (Å²) in [5.41, 5.74) is -0.552. The number of aliphatic carboxylic acids is 1. The quantitative estimate of drug-likeness (QED) is 0.627.